The molecule has 0 aliphatic heterocycles. The monoisotopic (exact) mass is 354 g/mol. The lowest BCUT2D eigenvalue weighted by Crippen LogP contribution is -2.21. The highest BCUT2D eigenvalue weighted by Gasteiger charge is 2.24. The topological polar surface area (TPSA) is 35.4 Å². The van der Waals surface area contributed by atoms with E-state index in [1.54, 1.807) is 19.2 Å². The van der Waals surface area contributed by atoms with Crippen LogP contribution in [0.15, 0.2) is 36.4 Å². The molecule has 0 amide bonds. The van der Waals surface area contributed by atoms with Crippen molar-refractivity contribution in [2.75, 3.05) is 19.5 Å². The van der Waals surface area contributed by atoms with Gasteiger partial charge in [0.1, 0.15) is 0 Å². The van der Waals surface area contributed by atoms with E-state index in [4.69, 9.17) is 9.47 Å². The summed E-state index contributed by atoms with van der Waals surface area (Å²) in [5.41, 5.74) is 5.77. The minimum absolute atomic E-state index is 0.233. The fraction of sp³-hybridized carbons (Fsp3) is 0.333. The Hall–Kier alpha value is -2.53. The van der Waals surface area contributed by atoms with E-state index in [2.05, 4.69) is 35.1 Å². The molecule has 26 heavy (non-hydrogen) atoms. The molecule has 4 rings (SSSR count). The van der Waals surface area contributed by atoms with Crippen LogP contribution in [0, 0.1) is 5.82 Å². The van der Waals surface area contributed by atoms with Crippen molar-refractivity contribution in [1.29, 1.82) is 0 Å². The second-order valence-corrected chi connectivity index (χ2v) is 6.79. The molecule has 0 spiro atoms. The van der Waals surface area contributed by atoms with Crippen LogP contribution >= 0.6 is 0 Å². The lowest BCUT2D eigenvalue weighted by atomic mass is 9.93. The van der Waals surface area contributed by atoms with E-state index >= 15 is 0 Å². The maximum Gasteiger partial charge on any atom is 0.165 e. The number of hydrogen-bond acceptors (Lipinski definition) is 3. The lowest BCUT2D eigenvalue weighted by Gasteiger charge is -2.22. The number of anilines is 2. The Bertz CT molecular complexity index is 964. The fourth-order valence-electron chi connectivity index (χ4n) is 3.93. The number of hydrogen-bond donors (Lipinski definition) is 1. The summed E-state index contributed by atoms with van der Waals surface area (Å²) in [5.74, 6) is -0.132. The molecule has 136 valence electrons. The fourth-order valence-corrected chi connectivity index (χ4v) is 3.93. The van der Waals surface area contributed by atoms with Gasteiger partial charge in [0.2, 0.25) is 0 Å². The molecule has 0 saturated carbocycles. The highest BCUT2D eigenvalue weighted by Crippen LogP contribution is 2.34. The first kappa shape index (κ1) is 16.9. The van der Waals surface area contributed by atoms with Gasteiger partial charge in [-0.1, -0.05) is 0 Å². The molecule has 0 radical (unpaired) electrons. The molecule has 0 bridgehead atoms. The van der Waals surface area contributed by atoms with Crippen molar-refractivity contribution in [2.24, 2.45) is 7.05 Å². The smallest absolute Gasteiger partial charge is 0.165 e. The van der Waals surface area contributed by atoms with Crippen LogP contribution < -0.4 is 10.1 Å². The number of ether oxygens (including phenoxy) is 2. The van der Waals surface area contributed by atoms with Crippen molar-refractivity contribution in [3.8, 4) is 5.75 Å². The Morgan fingerprint density at radius 3 is 2.65 bits per heavy atom. The summed E-state index contributed by atoms with van der Waals surface area (Å²) in [4.78, 5) is 0. The Morgan fingerprint density at radius 2 is 1.88 bits per heavy atom. The molecule has 1 unspecified atom stereocenters. The second-order valence-electron chi connectivity index (χ2n) is 6.79. The van der Waals surface area contributed by atoms with Crippen LogP contribution in [0.2, 0.25) is 0 Å². The number of halogens is 1. The zero-order chi connectivity index (χ0) is 18.3. The molecular formula is C21H23FN2O2. The zero-order valence-corrected chi connectivity index (χ0v) is 15.3. The van der Waals surface area contributed by atoms with Crippen molar-refractivity contribution >= 4 is 22.3 Å². The Labute approximate surface area is 152 Å². The summed E-state index contributed by atoms with van der Waals surface area (Å²) in [7, 11) is 5.39. The highest BCUT2D eigenvalue weighted by molar-refractivity contribution is 5.89. The normalized spacial score (nSPS) is 16.5. The van der Waals surface area contributed by atoms with Gasteiger partial charge >= 0.3 is 0 Å². The van der Waals surface area contributed by atoms with Crippen LogP contribution in [0.25, 0.3) is 10.9 Å². The average molecular weight is 354 g/mol. The number of aromatic nitrogens is 1. The first-order valence-corrected chi connectivity index (χ1v) is 8.84. The Morgan fingerprint density at radius 1 is 1.12 bits per heavy atom. The van der Waals surface area contributed by atoms with Gasteiger partial charge in [0, 0.05) is 54.6 Å². The zero-order valence-electron chi connectivity index (χ0n) is 15.3. The summed E-state index contributed by atoms with van der Waals surface area (Å²) in [6.07, 6.45) is 3.33. The minimum atomic E-state index is -0.365. The molecule has 1 atom stereocenters. The van der Waals surface area contributed by atoms with Gasteiger partial charge in [0.25, 0.3) is 0 Å². The molecule has 5 heteroatoms. The summed E-state index contributed by atoms with van der Waals surface area (Å²) in [6.45, 7) is 0. The Balaban J connectivity index is 1.71. The van der Waals surface area contributed by atoms with Crippen molar-refractivity contribution < 1.29 is 13.9 Å². The number of rotatable bonds is 4. The molecule has 0 fully saturated rings. The third-order valence-corrected chi connectivity index (χ3v) is 5.34. The van der Waals surface area contributed by atoms with Crippen LogP contribution in [0.4, 0.5) is 15.8 Å². The van der Waals surface area contributed by atoms with E-state index in [0.29, 0.717) is 0 Å². The van der Waals surface area contributed by atoms with E-state index in [0.717, 1.165) is 30.6 Å². The predicted octanol–water partition coefficient (Wildman–Crippen LogP) is 4.57. The molecular weight excluding hydrogens is 331 g/mol. The third-order valence-electron chi connectivity index (χ3n) is 5.34. The number of methoxy groups -OCH3 is 2. The first-order valence-electron chi connectivity index (χ1n) is 8.84. The molecule has 1 N–H and O–H groups in total. The van der Waals surface area contributed by atoms with Crippen LogP contribution in [-0.2, 0) is 24.6 Å². The quantitative estimate of drug-likeness (QED) is 0.745. The molecule has 1 aliphatic carbocycles. The standard InChI is InChI=1S/C21H23FN2O2/c1-24-19-8-5-13(23-14-4-7-18(22)21(11-14)26-3)10-16(19)17-12-15(25-2)6-9-20(17)24/h4-5,7-8,10-11,15,23H,6,9,12H2,1-3H3. The number of nitrogens with one attached hydrogen (secondary N) is 1. The van der Waals surface area contributed by atoms with Gasteiger partial charge < -0.3 is 19.4 Å². The van der Waals surface area contributed by atoms with E-state index in [1.165, 1.54) is 35.3 Å². The predicted molar refractivity (Wildman–Crippen MR) is 102 cm³/mol. The number of nitrogens with zero attached hydrogens (tertiary/aromatic N) is 1. The lowest BCUT2D eigenvalue weighted by molar-refractivity contribution is 0.0908. The first-order chi connectivity index (χ1) is 12.6. The maximum atomic E-state index is 13.6. The summed E-state index contributed by atoms with van der Waals surface area (Å²) < 4.78 is 26.6. The van der Waals surface area contributed by atoms with Crippen molar-refractivity contribution in [2.45, 2.75) is 25.4 Å². The molecule has 0 saturated heterocycles. The van der Waals surface area contributed by atoms with Gasteiger partial charge in [-0.05, 0) is 48.7 Å². The summed E-state index contributed by atoms with van der Waals surface area (Å²) in [5, 5.41) is 4.61. The summed E-state index contributed by atoms with van der Waals surface area (Å²) >= 11 is 0. The van der Waals surface area contributed by atoms with Crippen molar-refractivity contribution in [3.05, 3.63) is 53.5 Å². The van der Waals surface area contributed by atoms with E-state index in [1.807, 2.05) is 0 Å². The molecule has 1 aliphatic rings. The maximum absolute atomic E-state index is 13.6. The second kappa shape index (κ2) is 6.65. The SMILES string of the molecule is COc1cc(Nc2ccc3c(c2)c2c(n3C)CCC(OC)C2)ccc1F. The van der Waals surface area contributed by atoms with E-state index in [9.17, 15) is 4.39 Å². The van der Waals surface area contributed by atoms with Crippen molar-refractivity contribution in [1.82, 2.24) is 4.57 Å². The van der Waals surface area contributed by atoms with Gasteiger partial charge in [0.15, 0.2) is 11.6 Å². The number of aryl methyl sites for hydroxylation is 1. The van der Waals surface area contributed by atoms with Gasteiger partial charge in [-0.15, -0.1) is 0 Å². The number of benzene rings is 2. The molecule has 1 aromatic heterocycles. The average Bonchev–Trinajstić information content (AvgIpc) is 2.94. The molecule has 1 heterocycles. The molecule has 4 nitrogen and oxygen atoms in total. The van der Waals surface area contributed by atoms with Gasteiger partial charge in [0.05, 0.1) is 13.2 Å². The molecule has 2 aromatic carbocycles. The largest absolute Gasteiger partial charge is 0.494 e. The van der Waals surface area contributed by atoms with Crippen LogP contribution in [-0.4, -0.2) is 24.9 Å². The minimum Gasteiger partial charge on any atom is -0.494 e. The van der Waals surface area contributed by atoms with Crippen LogP contribution in [0.1, 0.15) is 17.7 Å². The van der Waals surface area contributed by atoms with Crippen LogP contribution in [0.3, 0.4) is 0 Å². The molecule has 3 aromatic rings. The highest BCUT2D eigenvalue weighted by atomic mass is 19.1. The van der Waals surface area contributed by atoms with Crippen molar-refractivity contribution in [3.63, 3.8) is 0 Å². The van der Waals surface area contributed by atoms with E-state index in [-0.39, 0.29) is 17.7 Å². The third kappa shape index (κ3) is 2.82. The summed E-state index contributed by atoms with van der Waals surface area (Å²) in [6, 6.07) is 11.1. The van der Waals surface area contributed by atoms with E-state index < -0.39 is 0 Å². The van der Waals surface area contributed by atoms with Gasteiger partial charge in [-0.25, -0.2) is 4.39 Å². The van der Waals surface area contributed by atoms with Gasteiger partial charge in [-0.3, -0.25) is 0 Å². The van der Waals surface area contributed by atoms with Crippen LogP contribution in [0.5, 0.6) is 5.75 Å². The van der Waals surface area contributed by atoms with Gasteiger partial charge in [-0.2, -0.15) is 0 Å². The number of fused-ring (bicyclic) bond motifs is 3. The Kier molecular flexibility index (Phi) is 4.32.